The van der Waals surface area contributed by atoms with Crippen molar-refractivity contribution in [2.24, 2.45) is 0 Å². The van der Waals surface area contributed by atoms with Gasteiger partial charge in [-0.3, -0.25) is 9.80 Å². The lowest BCUT2D eigenvalue weighted by Gasteiger charge is -2.29. The molecule has 0 unspecified atom stereocenters. The van der Waals surface area contributed by atoms with Crippen LogP contribution in [0, 0.1) is 6.92 Å². The quantitative estimate of drug-likeness (QED) is 0.794. The van der Waals surface area contributed by atoms with Gasteiger partial charge in [0.2, 0.25) is 0 Å². The molecular weight excluding hydrogens is 262 g/mol. The number of aromatic nitrogens is 1. The number of aliphatic hydroxyl groups is 1. The number of ether oxygens (including phenoxy) is 1. The minimum Gasteiger partial charge on any atom is -0.395 e. The van der Waals surface area contributed by atoms with Gasteiger partial charge in [-0.2, -0.15) is 0 Å². The molecule has 1 N–H and O–H groups in total. The molecule has 19 heavy (non-hydrogen) atoms. The summed E-state index contributed by atoms with van der Waals surface area (Å²) >= 11 is 1.74. The SMILES string of the molecule is Cc1ncc(CN(CCO)CCN2CCOCC2)s1. The fraction of sp³-hybridized carbons (Fsp3) is 0.769. The van der Waals surface area contributed by atoms with Gasteiger partial charge in [0.15, 0.2) is 0 Å². The van der Waals surface area contributed by atoms with Crippen LogP contribution in [0.4, 0.5) is 0 Å². The number of nitrogens with zero attached hydrogens (tertiary/aromatic N) is 3. The van der Waals surface area contributed by atoms with Gasteiger partial charge in [0.25, 0.3) is 0 Å². The summed E-state index contributed by atoms with van der Waals surface area (Å²) in [5, 5.41) is 10.3. The molecule has 0 spiro atoms. The van der Waals surface area contributed by atoms with Crippen LogP contribution in [0.15, 0.2) is 6.20 Å². The molecule has 0 saturated carbocycles. The van der Waals surface area contributed by atoms with Crippen LogP contribution in [0.3, 0.4) is 0 Å². The molecule has 1 fully saturated rings. The fourth-order valence-electron chi connectivity index (χ4n) is 2.22. The van der Waals surface area contributed by atoms with E-state index in [1.165, 1.54) is 4.88 Å². The van der Waals surface area contributed by atoms with Crippen LogP contribution in [-0.4, -0.2) is 72.4 Å². The van der Waals surface area contributed by atoms with Crippen LogP contribution >= 0.6 is 11.3 Å². The smallest absolute Gasteiger partial charge is 0.0897 e. The molecule has 1 aliphatic heterocycles. The first-order valence-corrected chi connectivity index (χ1v) is 7.64. The summed E-state index contributed by atoms with van der Waals surface area (Å²) in [5.41, 5.74) is 0. The summed E-state index contributed by atoms with van der Waals surface area (Å²) in [4.78, 5) is 10.3. The molecule has 1 aliphatic rings. The molecule has 1 aromatic heterocycles. The summed E-state index contributed by atoms with van der Waals surface area (Å²) in [5.74, 6) is 0. The van der Waals surface area contributed by atoms with Gasteiger partial charge in [-0.15, -0.1) is 11.3 Å². The Bertz CT molecular complexity index is 367. The Morgan fingerprint density at radius 2 is 2.21 bits per heavy atom. The summed E-state index contributed by atoms with van der Waals surface area (Å²) in [7, 11) is 0. The maximum atomic E-state index is 9.17. The van der Waals surface area contributed by atoms with Gasteiger partial charge in [-0.1, -0.05) is 0 Å². The number of aliphatic hydroxyl groups excluding tert-OH is 1. The van der Waals surface area contributed by atoms with Crippen molar-refractivity contribution >= 4 is 11.3 Å². The number of morpholine rings is 1. The number of hydrogen-bond donors (Lipinski definition) is 1. The van der Waals surface area contributed by atoms with Crippen LogP contribution in [-0.2, 0) is 11.3 Å². The average Bonchev–Trinajstić information content (AvgIpc) is 2.83. The zero-order chi connectivity index (χ0) is 13.5. The highest BCUT2D eigenvalue weighted by atomic mass is 32.1. The molecule has 0 radical (unpaired) electrons. The van der Waals surface area contributed by atoms with E-state index in [2.05, 4.69) is 14.8 Å². The third kappa shape index (κ3) is 5.16. The molecule has 108 valence electrons. The van der Waals surface area contributed by atoms with Gasteiger partial charge >= 0.3 is 0 Å². The van der Waals surface area contributed by atoms with Gasteiger partial charge in [0.1, 0.15) is 0 Å². The molecule has 0 amide bonds. The largest absolute Gasteiger partial charge is 0.395 e. The van der Waals surface area contributed by atoms with E-state index in [1.807, 2.05) is 13.1 Å². The lowest BCUT2D eigenvalue weighted by molar-refractivity contribution is 0.0321. The number of hydrogen-bond acceptors (Lipinski definition) is 6. The Balaban J connectivity index is 1.78. The number of thiazole rings is 1. The zero-order valence-corrected chi connectivity index (χ0v) is 12.4. The highest BCUT2D eigenvalue weighted by Crippen LogP contribution is 2.14. The third-order valence-corrected chi connectivity index (χ3v) is 4.20. The lowest BCUT2D eigenvalue weighted by Crippen LogP contribution is -2.41. The van der Waals surface area contributed by atoms with E-state index in [4.69, 9.17) is 9.84 Å². The first-order chi connectivity index (χ1) is 9.28. The van der Waals surface area contributed by atoms with E-state index in [0.29, 0.717) is 0 Å². The molecule has 0 atom stereocenters. The molecule has 6 heteroatoms. The second-order valence-electron chi connectivity index (χ2n) is 4.80. The predicted octanol–water partition coefficient (Wildman–Crippen LogP) is 0.578. The Morgan fingerprint density at radius 1 is 1.42 bits per heavy atom. The van der Waals surface area contributed by atoms with Crippen molar-refractivity contribution < 1.29 is 9.84 Å². The number of aryl methyl sites for hydroxylation is 1. The Kier molecular flexibility index (Phi) is 6.19. The van der Waals surface area contributed by atoms with E-state index in [1.54, 1.807) is 11.3 Å². The van der Waals surface area contributed by atoms with Gasteiger partial charge in [0.05, 0.1) is 24.8 Å². The van der Waals surface area contributed by atoms with Crippen molar-refractivity contribution in [3.8, 4) is 0 Å². The summed E-state index contributed by atoms with van der Waals surface area (Å²) in [6, 6.07) is 0. The van der Waals surface area contributed by atoms with Crippen molar-refractivity contribution in [1.82, 2.24) is 14.8 Å². The Hall–Kier alpha value is -0.530. The molecular formula is C13H23N3O2S. The van der Waals surface area contributed by atoms with Crippen LogP contribution in [0.25, 0.3) is 0 Å². The molecule has 1 saturated heterocycles. The van der Waals surface area contributed by atoms with Crippen molar-refractivity contribution in [3.05, 3.63) is 16.1 Å². The summed E-state index contributed by atoms with van der Waals surface area (Å²) in [6.07, 6.45) is 1.94. The minimum absolute atomic E-state index is 0.209. The highest BCUT2D eigenvalue weighted by Gasteiger charge is 2.13. The van der Waals surface area contributed by atoms with E-state index in [9.17, 15) is 0 Å². The first kappa shape index (κ1) is 14.9. The summed E-state index contributed by atoms with van der Waals surface area (Å²) in [6.45, 7) is 9.59. The standard InChI is InChI=1S/C13H23N3O2S/c1-12-14-10-13(19-12)11-16(4-7-17)3-2-15-5-8-18-9-6-15/h10,17H,2-9,11H2,1H3. The van der Waals surface area contributed by atoms with Crippen LogP contribution < -0.4 is 0 Å². The van der Waals surface area contributed by atoms with Crippen LogP contribution in [0.2, 0.25) is 0 Å². The maximum Gasteiger partial charge on any atom is 0.0897 e. The summed E-state index contributed by atoms with van der Waals surface area (Å²) < 4.78 is 5.35. The van der Waals surface area contributed by atoms with E-state index < -0.39 is 0 Å². The van der Waals surface area contributed by atoms with Gasteiger partial charge in [-0.05, 0) is 6.92 Å². The van der Waals surface area contributed by atoms with E-state index in [-0.39, 0.29) is 6.61 Å². The predicted molar refractivity (Wildman–Crippen MR) is 76.5 cm³/mol. The van der Waals surface area contributed by atoms with Crippen molar-refractivity contribution in [1.29, 1.82) is 0 Å². The third-order valence-electron chi connectivity index (χ3n) is 3.30. The maximum absolute atomic E-state index is 9.17. The normalized spacial score (nSPS) is 17.2. The zero-order valence-electron chi connectivity index (χ0n) is 11.5. The fourth-order valence-corrected chi connectivity index (χ4v) is 3.06. The molecule has 1 aromatic rings. The molecule has 5 nitrogen and oxygen atoms in total. The van der Waals surface area contributed by atoms with Crippen molar-refractivity contribution in [3.63, 3.8) is 0 Å². The minimum atomic E-state index is 0.209. The molecule has 0 aliphatic carbocycles. The van der Waals surface area contributed by atoms with Crippen LogP contribution in [0.5, 0.6) is 0 Å². The number of rotatable bonds is 7. The second kappa shape index (κ2) is 7.91. The van der Waals surface area contributed by atoms with Crippen LogP contribution in [0.1, 0.15) is 9.88 Å². The second-order valence-corrected chi connectivity index (χ2v) is 6.12. The average molecular weight is 285 g/mol. The molecule has 2 rings (SSSR count). The molecule has 0 bridgehead atoms. The van der Waals surface area contributed by atoms with Gasteiger partial charge in [-0.25, -0.2) is 4.98 Å². The van der Waals surface area contributed by atoms with Crippen molar-refractivity contribution in [2.75, 3.05) is 52.5 Å². The Morgan fingerprint density at radius 3 is 2.84 bits per heavy atom. The first-order valence-electron chi connectivity index (χ1n) is 6.82. The van der Waals surface area contributed by atoms with Gasteiger partial charge in [0, 0.05) is 50.3 Å². The van der Waals surface area contributed by atoms with E-state index in [0.717, 1.165) is 57.5 Å². The molecule has 0 aromatic carbocycles. The van der Waals surface area contributed by atoms with E-state index >= 15 is 0 Å². The monoisotopic (exact) mass is 285 g/mol. The van der Waals surface area contributed by atoms with Gasteiger partial charge < -0.3 is 9.84 Å². The highest BCUT2D eigenvalue weighted by molar-refractivity contribution is 7.11. The van der Waals surface area contributed by atoms with Crippen molar-refractivity contribution in [2.45, 2.75) is 13.5 Å². The molecule has 2 heterocycles. The Labute approximate surface area is 118 Å². The lowest BCUT2D eigenvalue weighted by atomic mass is 10.3. The topological polar surface area (TPSA) is 48.8 Å².